The predicted octanol–water partition coefficient (Wildman–Crippen LogP) is 2.46. The molecule has 22 heavy (non-hydrogen) atoms. The Morgan fingerprint density at radius 1 is 1.23 bits per heavy atom. The van der Waals surface area contributed by atoms with Crippen LogP contribution >= 0.6 is 11.6 Å². The summed E-state index contributed by atoms with van der Waals surface area (Å²) in [6, 6.07) is 0. The molecule has 4 rings (SSSR count). The fourth-order valence-electron chi connectivity index (χ4n) is 2.62. The number of hydrogen-bond donors (Lipinski definition) is 2. The van der Waals surface area contributed by atoms with Crippen molar-refractivity contribution in [2.45, 2.75) is 43.8 Å². The normalized spacial score (nSPS) is 24.6. The highest BCUT2D eigenvalue weighted by Crippen LogP contribution is 2.39. The van der Waals surface area contributed by atoms with E-state index in [-0.39, 0.29) is 12.2 Å². The molecule has 2 atom stereocenters. The first-order valence-electron chi connectivity index (χ1n) is 7.57. The van der Waals surface area contributed by atoms with Gasteiger partial charge in [-0.25, -0.2) is 15.0 Å². The lowest BCUT2D eigenvalue weighted by Crippen LogP contribution is -2.20. The highest BCUT2D eigenvalue weighted by molar-refractivity contribution is 6.30. The number of hydrogen-bond acceptors (Lipinski definition) is 6. The minimum atomic E-state index is 0.0120. The van der Waals surface area contributed by atoms with Gasteiger partial charge >= 0.3 is 0 Å². The van der Waals surface area contributed by atoms with Gasteiger partial charge < -0.3 is 10.1 Å². The lowest BCUT2D eigenvalue weighted by Gasteiger charge is -2.12. The van der Waals surface area contributed by atoms with Crippen LogP contribution in [-0.2, 0) is 4.74 Å². The minimum Gasteiger partial charge on any atom is -0.365 e. The van der Waals surface area contributed by atoms with E-state index in [9.17, 15) is 0 Å². The molecule has 2 N–H and O–H groups in total. The van der Waals surface area contributed by atoms with Crippen molar-refractivity contribution in [2.75, 3.05) is 11.9 Å². The molecule has 0 unspecified atom stereocenters. The van der Waals surface area contributed by atoms with E-state index in [1.807, 2.05) is 0 Å². The van der Waals surface area contributed by atoms with Crippen LogP contribution in [0.2, 0.25) is 5.02 Å². The van der Waals surface area contributed by atoms with Gasteiger partial charge in [-0.3, -0.25) is 5.10 Å². The van der Waals surface area contributed by atoms with Crippen LogP contribution in [0.5, 0.6) is 0 Å². The summed E-state index contributed by atoms with van der Waals surface area (Å²) in [5, 5.41) is 11.0. The molecule has 1 aliphatic heterocycles. The Kier molecular flexibility index (Phi) is 3.67. The fourth-order valence-corrected chi connectivity index (χ4v) is 2.72. The number of aromatic amines is 1. The van der Waals surface area contributed by atoms with Crippen LogP contribution in [0.25, 0.3) is 0 Å². The van der Waals surface area contributed by atoms with Crippen LogP contribution in [0.4, 0.5) is 5.95 Å². The average Bonchev–Trinajstić information content (AvgIpc) is 3.08. The Hall–Kier alpha value is -1.73. The number of anilines is 1. The van der Waals surface area contributed by atoms with Gasteiger partial charge in [0.05, 0.1) is 23.5 Å². The maximum atomic E-state index is 6.03. The van der Waals surface area contributed by atoms with E-state index in [4.69, 9.17) is 16.3 Å². The third-order valence-electron chi connectivity index (χ3n) is 3.98. The van der Waals surface area contributed by atoms with Gasteiger partial charge in [0.15, 0.2) is 11.6 Å². The van der Waals surface area contributed by atoms with Crippen LogP contribution in [0.1, 0.15) is 49.4 Å². The van der Waals surface area contributed by atoms with E-state index < -0.39 is 0 Å². The molecule has 2 fully saturated rings. The maximum Gasteiger partial charge on any atom is 0.222 e. The van der Waals surface area contributed by atoms with Gasteiger partial charge in [-0.05, 0) is 25.7 Å². The first kappa shape index (κ1) is 13.9. The molecule has 1 saturated carbocycles. The average molecular weight is 321 g/mol. The molecule has 0 aromatic carbocycles. The molecule has 7 nitrogen and oxygen atoms in total. The molecule has 2 aromatic heterocycles. The van der Waals surface area contributed by atoms with Crippen molar-refractivity contribution in [3.63, 3.8) is 0 Å². The monoisotopic (exact) mass is 320 g/mol. The van der Waals surface area contributed by atoms with Crippen molar-refractivity contribution in [3.8, 4) is 0 Å². The second kappa shape index (κ2) is 5.81. The highest BCUT2D eigenvalue weighted by Gasteiger charge is 2.32. The van der Waals surface area contributed by atoms with Crippen LogP contribution in [0, 0.1) is 0 Å². The van der Waals surface area contributed by atoms with Crippen molar-refractivity contribution < 1.29 is 4.74 Å². The van der Waals surface area contributed by atoms with E-state index in [1.54, 1.807) is 12.4 Å². The van der Waals surface area contributed by atoms with Gasteiger partial charge in [-0.2, -0.15) is 5.10 Å². The number of ether oxygens (including phenoxy) is 1. The largest absolute Gasteiger partial charge is 0.365 e. The Bertz CT molecular complexity index is 641. The Morgan fingerprint density at radius 3 is 2.82 bits per heavy atom. The summed E-state index contributed by atoms with van der Waals surface area (Å²) < 4.78 is 6.03. The van der Waals surface area contributed by atoms with E-state index >= 15 is 0 Å². The molecule has 3 heterocycles. The van der Waals surface area contributed by atoms with Crippen LogP contribution in [0.15, 0.2) is 12.4 Å². The Morgan fingerprint density at radius 2 is 2.05 bits per heavy atom. The zero-order chi connectivity index (χ0) is 14.9. The second-order valence-corrected chi connectivity index (χ2v) is 6.22. The predicted molar refractivity (Wildman–Crippen MR) is 80.7 cm³/mol. The Labute approximate surface area is 132 Å². The van der Waals surface area contributed by atoms with E-state index in [0.717, 1.165) is 24.5 Å². The maximum absolute atomic E-state index is 6.03. The number of aromatic nitrogens is 5. The zero-order valence-corrected chi connectivity index (χ0v) is 12.8. The van der Waals surface area contributed by atoms with Crippen LogP contribution < -0.4 is 5.32 Å². The summed E-state index contributed by atoms with van der Waals surface area (Å²) in [5.41, 5.74) is 0. The standard InChI is InChI=1S/C14H17ClN6O/c15-9-5-16-14(17-6-9)18-7-10-3-4-11(22-10)13-19-12(20-21-13)8-1-2-8/h5-6,8,10-11H,1-4,7H2,(H,16,17,18)(H,19,20,21)/t10-,11+/m1/s1. The molecule has 1 saturated heterocycles. The third kappa shape index (κ3) is 3.05. The number of H-pyrrole nitrogens is 1. The van der Waals surface area contributed by atoms with Crippen molar-refractivity contribution in [2.24, 2.45) is 0 Å². The van der Waals surface area contributed by atoms with Crippen LogP contribution in [0.3, 0.4) is 0 Å². The SMILES string of the molecule is Clc1cnc(NC[C@H]2CC[C@@H](c3nc(C4CC4)n[nH]3)O2)nc1. The molecular formula is C14H17ClN6O. The third-order valence-corrected chi connectivity index (χ3v) is 4.18. The zero-order valence-electron chi connectivity index (χ0n) is 12.0. The Balaban J connectivity index is 1.30. The summed E-state index contributed by atoms with van der Waals surface area (Å²) in [6.07, 6.45) is 7.62. The molecule has 0 bridgehead atoms. The van der Waals surface area contributed by atoms with Gasteiger partial charge in [0, 0.05) is 12.5 Å². The molecule has 2 aromatic rings. The topological polar surface area (TPSA) is 88.6 Å². The molecule has 0 spiro atoms. The van der Waals surface area contributed by atoms with Crippen molar-refractivity contribution in [3.05, 3.63) is 29.1 Å². The van der Waals surface area contributed by atoms with Gasteiger partial charge in [0.2, 0.25) is 5.95 Å². The summed E-state index contributed by atoms with van der Waals surface area (Å²) >= 11 is 5.76. The van der Waals surface area contributed by atoms with Gasteiger partial charge in [0.1, 0.15) is 6.10 Å². The first-order valence-corrected chi connectivity index (χ1v) is 7.95. The summed E-state index contributed by atoms with van der Waals surface area (Å²) in [6.45, 7) is 0.668. The number of nitrogens with zero attached hydrogens (tertiary/aromatic N) is 4. The van der Waals surface area contributed by atoms with E-state index in [2.05, 4.69) is 30.5 Å². The fraction of sp³-hybridized carbons (Fsp3) is 0.571. The van der Waals surface area contributed by atoms with Gasteiger partial charge in [-0.1, -0.05) is 11.6 Å². The molecule has 0 amide bonds. The molecule has 8 heteroatoms. The molecular weight excluding hydrogens is 304 g/mol. The van der Waals surface area contributed by atoms with Crippen molar-refractivity contribution in [1.29, 1.82) is 0 Å². The van der Waals surface area contributed by atoms with Gasteiger partial charge in [-0.15, -0.1) is 0 Å². The summed E-state index contributed by atoms with van der Waals surface area (Å²) in [7, 11) is 0. The van der Waals surface area contributed by atoms with Crippen molar-refractivity contribution in [1.82, 2.24) is 25.1 Å². The molecule has 1 aliphatic carbocycles. The lowest BCUT2D eigenvalue weighted by molar-refractivity contribution is 0.0471. The number of halogens is 1. The summed E-state index contributed by atoms with van der Waals surface area (Å²) in [5.74, 6) is 2.92. The van der Waals surface area contributed by atoms with Crippen LogP contribution in [-0.4, -0.2) is 37.8 Å². The number of nitrogens with one attached hydrogen (secondary N) is 2. The first-order chi connectivity index (χ1) is 10.8. The highest BCUT2D eigenvalue weighted by atomic mass is 35.5. The minimum absolute atomic E-state index is 0.0120. The van der Waals surface area contributed by atoms with Crippen molar-refractivity contribution >= 4 is 17.5 Å². The lowest BCUT2D eigenvalue weighted by atomic mass is 10.2. The van der Waals surface area contributed by atoms with E-state index in [1.165, 1.54) is 12.8 Å². The number of rotatable bonds is 5. The summed E-state index contributed by atoms with van der Waals surface area (Å²) in [4.78, 5) is 12.8. The van der Waals surface area contributed by atoms with Gasteiger partial charge in [0.25, 0.3) is 0 Å². The second-order valence-electron chi connectivity index (χ2n) is 5.78. The smallest absolute Gasteiger partial charge is 0.222 e. The van der Waals surface area contributed by atoms with E-state index in [0.29, 0.717) is 23.4 Å². The molecule has 0 radical (unpaired) electrons. The molecule has 116 valence electrons. The molecule has 2 aliphatic rings. The quantitative estimate of drug-likeness (QED) is 0.879.